The van der Waals surface area contributed by atoms with Crippen LogP contribution in [0.25, 0.3) is 0 Å². The van der Waals surface area contributed by atoms with E-state index in [1.807, 2.05) is 0 Å². The zero-order valence-corrected chi connectivity index (χ0v) is 11.6. The first kappa shape index (κ1) is 15.0. The fourth-order valence-corrected chi connectivity index (χ4v) is 2.46. The van der Waals surface area contributed by atoms with Crippen molar-refractivity contribution in [3.8, 4) is 0 Å². The third-order valence-corrected chi connectivity index (χ3v) is 3.54. The summed E-state index contributed by atoms with van der Waals surface area (Å²) in [6.45, 7) is 2.20. The van der Waals surface area contributed by atoms with Crippen molar-refractivity contribution in [3.63, 3.8) is 0 Å². The van der Waals surface area contributed by atoms with Crippen LogP contribution in [0, 0.1) is 5.92 Å². The van der Waals surface area contributed by atoms with Gasteiger partial charge in [-0.15, -0.1) is 0 Å². The van der Waals surface area contributed by atoms with Gasteiger partial charge in [0, 0.05) is 13.5 Å². The van der Waals surface area contributed by atoms with Gasteiger partial charge in [0.05, 0.1) is 6.61 Å². The lowest BCUT2D eigenvalue weighted by Gasteiger charge is -2.19. The molecule has 0 heterocycles. The van der Waals surface area contributed by atoms with Gasteiger partial charge in [-0.3, -0.25) is 9.59 Å². The molecule has 1 aliphatic rings. The molecule has 0 bridgehead atoms. The number of esters is 1. The molecule has 1 fully saturated rings. The maximum atomic E-state index is 12.0. The van der Waals surface area contributed by atoms with E-state index >= 15 is 0 Å². The molecular formula is C14H25NO3. The minimum Gasteiger partial charge on any atom is -0.465 e. The summed E-state index contributed by atoms with van der Waals surface area (Å²) in [6.07, 6.45) is 7.94. The number of rotatable bonds is 5. The van der Waals surface area contributed by atoms with Crippen molar-refractivity contribution in [2.45, 2.75) is 51.9 Å². The number of likely N-dealkylation sites (N-methyl/N-ethyl adjacent to an activating group) is 1. The van der Waals surface area contributed by atoms with Crippen LogP contribution >= 0.6 is 0 Å². The van der Waals surface area contributed by atoms with Gasteiger partial charge in [-0.1, -0.05) is 25.7 Å². The Balaban J connectivity index is 2.31. The molecule has 0 unspecified atom stereocenters. The quantitative estimate of drug-likeness (QED) is 0.559. The van der Waals surface area contributed by atoms with Gasteiger partial charge in [0.1, 0.15) is 6.54 Å². The average Bonchev–Trinajstić information content (AvgIpc) is 2.57. The van der Waals surface area contributed by atoms with Crippen LogP contribution in [0.5, 0.6) is 0 Å². The van der Waals surface area contributed by atoms with E-state index in [1.165, 1.54) is 30.6 Å². The van der Waals surface area contributed by atoms with E-state index in [1.54, 1.807) is 14.0 Å². The highest BCUT2D eigenvalue weighted by Gasteiger charge is 2.19. The zero-order valence-electron chi connectivity index (χ0n) is 11.6. The molecule has 1 saturated carbocycles. The molecule has 1 aliphatic carbocycles. The molecule has 0 atom stereocenters. The summed E-state index contributed by atoms with van der Waals surface area (Å²) in [5, 5.41) is 0. The highest BCUT2D eigenvalue weighted by atomic mass is 16.5. The van der Waals surface area contributed by atoms with Gasteiger partial charge < -0.3 is 9.64 Å². The number of carbonyl (C=O) groups is 2. The van der Waals surface area contributed by atoms with Crippen LogP contribution < -0.4 is 0 Å². The van der Waals surface area contributed by atoms with E-state index in [4.69, 9.17) is 4.74 Å². The number of hydrogen-bond donors (Lipinski definition) is 0. The Kier molecular flexibility index (Phi) is 6.76. The Morgan fingerprint density at radius 3 is 2.33 bits per heavy atom. The fraction of sp³-hybridized carbons (Fsp3) is 0.857. The number of carbonyl (C=O) groups excluding carboxylic acids is 2. The highest BCUT2D eigenvalue weighted by Crippen LogP contribution is 2.25. The monoisotopic (exact) mass is 255 g/mol. The maximum absolute atomic E-state index is 12.0. The molecule has 0 radical (unpaired) electrons. The van der Waals surface area contributed by atoms with Crippen LogP contribution in [-0.4, -0.2) is 37.0 Å². The van der Waals surface area contributed by atoms with Gasteiger partial charge in [-0.05, 0) is 25.7 Å². The molecule has 4 nitrogen and oxygen atoms in total. The highest BCUT2D eigenvalue weighted by molar-refractivity contribution is 5.81. The maximum Gasteiger partial charge on any atom is 0.325 e. The number of ether oxygens (including phenoxy) is 1. The Morgan fingerprint density at radius 1 is 1.17 bits per heavy atom. The van der Waals surface area contributed by atoms with Crippen molar-refractivity contribution < 1.29 is 14.3 Å². The Labute approximate surface area is 110 Å². The normalized spacial score (nSPS) is 17.0. The topological polar surface area (TPSA) is 46.6 Å². The summed E-state index contributed by atoms with van der Waals surface area (Å²) in [5.74, 6) is 0.244. The van der Waals surface area contributed by atoms with E-state index in [2.05, 4.69) is 0 Å². The Morgan fingerprint density at radius 2 is 1.78 bits per heavy atom. The molecule has 4 heteroatoms. The summed E-state index contributed by atoms with van der Waals surface area (Å²) in [5.41, 5.74) is 0. The zero-order chi connectivity index (χ0) is 13.4. The predicted octanol–water partition coefficient (Wildman–Crippen LogP) is 2.37. The number of hydrogen-bond acceptors (Lipinski definition) is 3. The summed E-state index contributed by atoms with van der Waals surface area (Å²) in [7, 11) is 1.68. The fourth-order valence-electron chi connectivity index (χ4n) is 2.46. The van der Waals surface area contributed by atoms with Crippen molar-refractivity contribution >= 4 is 11.9 Å². The van der Waals surface area contributed by atoms with E-state index in [0.29, 0.717) is 18.9 Å². The number of nitrogens with zero attached hydrogens (tertiary/aromatic N) is 1. The minimum absolute atomic E-state index is 0.0648. The van der Waals surface area contributed by atoms with Gasteiger partial charge in [0.2, 0.25) is 5.91 Å². The second-order valence-corrected chi connectivity index (χ2v) is 5.12. The van der Waals surface area contributed by atoms with E-state index < -0.39 is 0 Å². The van der Waals surface area contributed by atoms with Crippen LogP contribution in [0.1, 0.15) is 51.9 Å². The molecule has 0 N–H and O–H groups in total. The SMILES string of the molecule is CCOC(=O)CN(C)C(=O)CC1CCCCCC1. The Bertz CT molecular complexity index is 270. The lowest BCUT2D eigenvalue weighted by atomic mass is 9.96. The van der Waals surface area contributed by atoms with Crippen LogP contribution in [-0.2, 0) is 14.3 Å². The van der Waals surface area contributed by atoms with E-state index in [0.717, 1.165) is 12.8 Å². The first-order valence-electron chi connectivity index (χ1n) is 7.03. The van der Waals surface area contributed by atoms with E-state index in [-0.39, 0.29) is 18.4 Å². The van der Waals surface area contributed by atoms with Crippen molar-refractivity contribution in [2.75, 3.05) is 20.2 Å². The molecular weight excluding hydrogens is 230 g/mol. The van der Waals surface area contributed by atoms with Crippen LogP contribution in [0.2, 0.25) is 0 Å². The van der Waals surface area contributed by atoms with Gasteiger partial charge in [0.25, 0.3) is 0 Å². The van der Waals surface area contributed by atoms with Crippen LogP contribution in [0.4, 0.5) is 0 Å². The third kappa shape index (κ3) is 5.52. The molecule has 0 saturated heterocycles. The largest absolute Gasteiger partial charge is 0.465 e. The van der Waals surface area contributed by atoms with Gasteiger partial charge >= 0.3 is 5.97 Å². The molecule has 1 amide bonds. The third-order valence-electron chi connectivity index (χ3n) is 3.54. The molecule has 0 spiro atoms. The van der Waals surface area contributed by atoms with Gasteiger partial charge in [0.15, 0.2) is 0 Å². The first-order chi connectivity index (χ1) is 8.63. The Hall–Kier alpha value is -1.06. The summed E-state index contributed by atoms with van der Waals surface area (Å²) >= 11 is 0. The standard InChI is InChI=1S/C14H25NO3/c1-3-18-14(17)11-15(2)13(16)10-12-8-6-4-5-7-9-12/h12H,3-11H2,1-2H3. The lowest BCUT2D eigenvalue weighted by Crippen LogP contribution is -2.34. The smallest absolute Gasteiger partial charge is 0.325 e. The number of amides is 1. The molecule has 0 aliphatic heterocycles. The van der Waals surface area contributed by atoms with Gasteiger partial charge in [-0.25, -0.2) is 0 Å². The molecule has 1 rings (SSSR count). The second-order valence-electron chi connectivity index (χ2n) is 5.12. The van der Waals surface area contributed by atoms with Gasteiger partial charge in [-0.2, -0.15) is 0 Å². The summed E-state index contributed by atoms with van der Waals surface area (Å²) in [6, 6.07) is 0. The summed E-state index contributed by atoms with van der Waals surface area (Å²) < 4.78 is 4.84. The van der Waals surface area contributed by atoms with Crippen molar-refractivity contribution in [1.82, 2.24) is 4.90 Å². The van der Waals surface area contributed by atoms with Crippen molar-refractivity contribution in [2.24, 2.45) is 5.92 Å². The molecule has 0 aromatic heterocycles. The first-order valence-corrected chi connectivity index (χ1v) is 7.03. The van der Waals surface area contributed by atoms with Crippen molar-refractivity contribution in [1.29, 1.82) is 0 Å². The molecule has 18 heavy (non-hydrogen) atoms. The van der Waals surface area contributed by atoms with Crippen LogP contribution in [0.3, 0.4) is 0 Å². The summed E-state index contributed by atoms with van der Waals surface area (Å²) in [4.78, 5) is 24.8. The van der Waals surface area contributed by atoms with Crippen LogP contribution in [0.15, 0.2) is 0 Å². The average molecular weight is 255 g/mol. The van der Waals surface area contributed by atoms with E-state index in [9.17, 15) is 9.59 Å². The van der Waals surface area contributed by atoms with Crippen molar-refractivity contribution in [3.05, 3.63) is 0 Å². The molecule has 104 valence electrons. The molecule has 0 aromatic rings. The second kappa shape index (κ2) is 8.11. The molecule has 0 aromatic carbocycles. The predicted molar refractivity (Wildman–Crippen MR) is 70.1 cm³/mol. The minimum atomic E-state index is -0.325. The lowest BCUT2D eigenvalue weighted by molar-refractivity contribution is -0.148.